The number of nitrogens with zero attached hydrogens (tertiary/aromatic N) is 1. The Morgan fingerprint density at radius 1 is 1.17 bits per heavy atom. The van der Waals surface area contributed by atoms with Crippen molar-refractivity contribution in [1.82, 2.24) is 9.62 Å². The van der Waals surface area contributed by atoms with Gasteiger partial charge in [-0.15, -0.1) is 0 Å². The number of benzene rings is 1. The number of rotatable bonds is 4. The van der Waals surface area contributed by atoms with E-state index in [1.165, 1.54) is 11.4 Å². The van der Waals surface area contributed by atoms with E-state index in [-0.39, 0.29) is 10.9 Å². The lowest BCUT2D eigenvalue weighted by molar-refractivity contribution is -0.143. The van der Waals surface area contributed by atoms with Crippen LogP contribution < -0.4 is 5.32 Å². The molecule has 3 rings (SSSR count). The number of methoxy groups -OCH3 is 1. The Morgan fingerprint density at radius 2 is 1.87 bits per heavy atom. The van der Waals surface area contributed by atoms with E-state index in [2.05, 4.69) is 5.32 Å². The number of esters is 1. The lowest BCUT2D eigenvalue weighted by Gasteiger charge is -2.20. The predicted octanol–water partition coefficient (Wildman–Crippen LogP) is 0.875. The molecule has 2 fully saturated rings. The third kappa shape index (κ3) is 3.00. The number of sulfonamides is 1. The van der Waals surface area contributed by atoms with Crippen molar-refractivity contribution >= 4 is 16.0 Å². The molecule has 23 heavy (non-hydrogen) atoms. The van der Waals surface area contributed by atoms with Crippen molar-refractivity contribution in [3.63, 3.8) is 0 Å². The number of hydrogen-bond acceptors (Lipinski definition) is 5. The number of nitrogens with one attached hydrogen (secondary N) is 1. The van der Waals surface area contributed by atoms with Gasteiger partial charge >= 0.3 is 5.97 Å². The Labute approximate surface area is 136 Å². The minimum absolute atomic E-state index is 0.244. The van der Waals surface area contributed by atoms with E-state index in [1.807, 2.05) is 0 Å². The summed E-state index contributed by atoms with van der Waals surface area (Å²) in [6.07, 6.45) is 2.32. The van der Waals surface area contributed by atoms with Crippen LogP contribution in [0, 0.1) is 0 Å². The number of carbonyl (C=O) groups is 1. The Balaban J connectivity index is 1.83. The van der Waals surface area contributed by atoms with Crippen molar-refractivity contribution in [2.24, 2.45) is 0 Å². The summed E-state index contributed by atoms with van der Waals surface area (Å²) in [7, 11) is -2.09. The van der Waals surface area contributed by atoms with Gasteiger partial charge < -0.3 is 10.1 Å². The lowest BCUT2D eigenvalue weighted by Crippen LogP contribution is -2.34. The van der Waals surface area contributed by atoms with E-state index < -0.39 is 15.4 Å². The summed E-state index contributed by atoms with van der Waals surface area (Å²) in [5.74, 6) is -0.244. The van der Waals surface area contributed by atoms with E-state index in [1.54, 1.807) is 24.3 Å². The van der Waals surface area contributed by atoms with Gasteiger partial charge in [-0.2, -0.15) is 4.31 Å². The van der Waals surface area contributed by atoms with Crippen LogP contribution in [0.3, 0.4) is 0 Å². The molecule has 0 unspecified atom stereocenters. The molecule has 0 spiro atoms. The van der Waals surface area contributed by atoms with Gasteiger partial charge in [0, 0.05) is 19.6 Å². The zero-order chi connectivity index (χ0) is 16.5. The number of ether oxygens (including phenoxy) is 1. The molecule has 1 saturated carbocycles. The number of hydrogen-bond donors (Lipinski definition) is 1. The minimum atomic E-state index is -3.48. The van der Waals surface area contributed by atoms with E-state index in [9.17, 15) is 13.2 Å². The fourth-order valence-corrected chi connectivity index (χ4v) is 4.57. The van der Waals surface area contributed by atoms with Crippen molar-refractivity contribution in [3.8, 4) is 0 Å². The molecular formula is C16H22N2O4S. The van der Waals surface area contributed by atoms with E-state index >= 15 is 0 Å². The fourth-order valence-electron chi connectivity index (χ4n) is 3.09. The number of carbonyl (C=O) groups excluding carboxylic acids is 1. The summed E-state index contributed by atoms with van der Waals surface area (Å²) >= 11 is 0. The third-order valence-corrected chi connectivity index (χ3v) is 6.58. The predicted molar refractivity (Wildman–Crippen MR) is 85.6 cm³/mol. The zero-order valence-electron chi connectivity index (χ0n) is 13.2. The second kappa shape index (κ2) is 6.22. The average Bonchev–Trinajstić information content (AvgIpc) is 3.38. The van der Waals surface area contributed by atoms with Gasteiger partial charge in [0.05, 0.1) is 17.4 Å². The first kappa shape index (κ1) is 16.4. The van der Waals surface area contributed by atoms with Gasteiger partial charge in [-0.3, -0.25) is 4.79 Å². The van der Waals surface area contributed by atoms with Crippen molar-refractivity contribution in [3.05, 3.63) is 29.8 Å². The standard InChI is InChI=1S/C16H22N2O4S/c1-22-15(19)16(7-8-16)13-3-5-14(6-4-13)23(20,21)18-11-2-9-17-10-12-18/h3-6,17H,2,7-12H2,1H3. The molecule has 126 valence electrons. The molecule has 1 aliphatic carbocycles. The Kier molecular flexibility index (Phi) is 4.44. The third-order valence-electron chi connectivity index (χ3n) is 4.67. The molecule has 1 heterocycles. The van der Waals surface area contributed by atoms with Crippen molar-refractivity contribution in [1.29, 1.82) is 0 Å². The first-order valence-electron chi connectivity index (χ1n) is 7.90. The highest BCUT2D eigenvalue weighted by atomic mass is 32.2. The van der Waals surface area contributed by atoms with Gasteiger partial charge in [-0.1, -0.05) is 12.1 Å². The second-order valence-electron chi connectivity index (χ2n) is 6.11. The van der Waals surface area contributed by atoms with Crippen LogP contribution in [0.1, 0.15) is 24.8 Å². The average molecular weight is 338 g/mol. The maximum atomic E-state index is 12.7. The van der Waals surface area contributed by atoms with E-state index in [0.29, 0.717) is 19.6 Å². The topological polar surface area (TPSA) is 75.7 Å². The highest BCUT2D eigenvalue weighted by Crippen LogP contribution is 2.49. The van der Waals surface area contributed by atoms with Gasteiger partial charge in [0.1, 0.15) is 0 Å². The van der Waals surface area contributed by atoms with Gasteiger partial charge in [0.25, 0.3) is 0 Å². The molecule has 0 bridgehead atoms. The van der Waals surface area contributed by atoms with Gasteiger partial charge in [-0.25, -0.2) is 8.42 Å². The first-order chi connectivity index (χ1) is 11.0. The second-order valence-corrected chi connectivity index (χ2v) is 8.04. The largest absolute Gasteiger partial charge is 0.468 e. The zero-order valence-corrected chi connectivity index (χ0v) is 14.1. The molecule has 0 atom stereocenters. The maximum Gasteiger partial charge on any atom is 0.316 e. The van der Waals surface area contributed by atoms with Gasteiger partial charge in [0.15, 0.2) is 0 Å². The molecular weight excluding hydrogens is 316 g/mol. The van der Waals surface area contributed by atoms with Crippen LogP contribution in [0.2, 0.25) is 0 Å². The Hall–Kier alpha value is -1.44. The molecule has 1 aromatic rings. The summed E-state index contributed by atoms with van der Waals surface area (Å²) in [5, 5.41) is 3.20. The molecule has 6 nitrogen and oxygen atoms in total. The molecule has 1 aliphatic heterocycles. The smallest absolute Gasteiger partial charge is 0.316 e. The monoisotopic (exact) mass is 338 g/mol. The Morgan fingerprint density at radius 3 is 2.48 bits per heavy atom. The van der Waals surface area contributed by atoms with Crippen LogP contribution in [0.25, 0.3) is 0 Å². The molecule has 1 aromatic carbocycles. The normalized spacial score (nSPS) is 21.4. The highest BCUT2D eigenvalue weighted by molar-refractivity contribution is 7.89. The Bertz CT molecular complexity index is 673. The van der Waals surface area contributed by atoms with Crippen LogP contribution in [-0.2, 0) is 25.0 Å². The van der Waals surface area contributed by atoms with Gasteiger partial charge in [0.2, 0.25) is 10.0 Å². The summed E-state index contributed by atoms with van der Waals surface area (Å²) in [5.41, 5.74) is 0.268. The van der Waals surface area contributed by atoms with Crippen LogP contribution in [0.15, 0.2) is 29.2 Å². The molecule has 1 saturated heterocycles. The van der Waals surface area contributed by atoms with E-state index in [0.717, 1.165) is 31.4 Å². The summed E-state index contributed by atoms with van der Waals surface area (Å²) in [4.78, 5) is 12.2. The molecule has 7 heteroatoms. The highest BCUT2D eigenvalue weighted by Gasteiger charge is 2.52. The molecule has 0 amide bonds. The molecule has 0 radical (unpaired) electrons. The van der Waals surface area contributed by atoms with Crippen molar-refractivity contribution in [2.75, 3.05) is 33.3 Å². The van der Waals surface area contributed by atoms with Crippen LogP contribution in [0.4, 0.5) is 0 Å². The maximum absolute atomic E-state index is 12.7. The van der Waals surface area contributed by atoms with Gasteiger partial charge in [-0.05, 0) is 43.5 Å². The molecule has 1 N–H and O–H groups in total. The minimum Gasteiger partial charge on any atom is -0.468 e. The summed E-state index contributed by atoms with van der Waals surface area (Å²) in [6.45, 7) is 2.52. The van der Waals surface area contributed by atoms with E-state index in [4.69, 9.17) is 4.74 Å². The first-order valence-corrected chi connectivity index (χ1v) is 9.34. The lowest BCUT2D eigenvalue weighted by atomic mass is 9.96. The molecule has 0 aromatic heterocycles. The summed E-state index contributed by atoms with van der Waals surface area (Å²) < 4.78 is 31.8. The quantitative estimate of drug-likeness (QED) is 0.825. The molecule has 2 aliphatic rings. The van der Waals surface area contributed by atoms with Crippen LogP contribution >= 0.6 is 0 Å². The fraction of sp³-hybridized carbons (Fsp3) is 0.562. The van der Waals surface area contributed by atoms with Crippen molar-refractivity contribution in [2.45, 2.75) is 29.6 Å². The summed E-state index contributed by atoms with van der Waals surface area (Å²) in [6, 6.07) is 6.69. The van der Waals surface area contributed by atoms with Crippen LogP contribution in [0.5, 0.6) is 0 Å². The van der Waals surface area contributed by atoms with Crippen LogP contribution in [-0.4, -0.2) is 52.0 Å². The SMILES string of the molecule is COC(=O)C1(c2ccc(S(=O)(=O)N3CCCNCC3)cc2)CC1. The van der Waals surface area contributed by atoms with Crippen molar-refractivity contribution < 1.29 is 17.9 Å².